The van der Waals surface area contributed by atoms with Gasteiger partial charge in [-0.2, -0.15) is 0 Å². The lowest BCUT2D eigenvalue weighted by atomic mass is 10.1. The Labute approximate surface area is 127 Å². The van der Waals surface area contributed by atoms with Gasteiger partial charge in [-0.3, -0.25) is 0 Å². The zero-order valence-corrected chi connectivity index (χ0v) is 12.0. The van der Waals surface area contributed by atoms with Crippen LogP contribution in [-0.2, 0) is 6.61 Å². The number of aromatic nitrogens is 1. The van der Waals surface area contributed by atoms with E-state index in [-0.39, 0.29) is 5.56 Å². The average Bonchev–Trinajstić information content (AvgIpc) is 2.96. The van der Waals surface area contributed by atoms with Crippen molar-refractivity contribution in [3.8, 4) is 11.5 Å². The highest BCUT2D eigenvalue weighted by atomic mass is 16.5. The molecule has 0 aliphatic carbocycles. The van der Waals surface area contributed by atoms with E-state index in [4.69, 9.17) is 9.47 Å². The summed E-state index contributed by atoms with van der Waals surface area (Å²) in [7, 11) is 1.59. The van der Waals surface area contributed by atoms with Gasteiger partial charge in [0.1, 0.15) is 6.61 Å². The standard InChI is InChI=1S/C17H15NO4/c1-21-14-7-2-3-8-15(14)22-10-11-9-18-16-12(11)5-4-6-13(16)17(19)20/h2-9,18H,10H2,1H3,(H,19,20). The maximum absolute atomic E-state index is 11.2. The van der Waals surface area contributed by atoms with Crippen LogP contribution in [0.5, 0.6) is 11.5 Å². The molecule has 0 atom stereocenters. The van der Waals surface area contributed by atoms with Gasteiger partial charge in [-0.15, -0.1) is 0 Å². The van der Waals surface area contributed by atoms with Crippen molar-refractivity contribution in [3.63, 3.8) is 0 Å². The Kier molecular flexibility index (Phi) is 3.70. The lowest BCUT2D eigenvalue weighted by Crippen LogP contribution is -1.98. The van der Waals surface area contributed by atoms with Crippen LogP contribution in [0.2, 0.25) is 0 Å². The van der Waals surface area contributed by atoms with Gasteiger partial charge >= 0.3 is 5.97 Å². The summed E-state index contributed by atoms with van der Waals surface area (Å²) in [5.41, 5.74) is 1.75. The molecular formula is C17H15NO4. The van der Waals surface area contributed by atoms with Crippen molar-refractivity contribution in [1.29, 1.82) is 0 Å². The number of aromatic carboxylic acids is 1. The van der Waals surface area contributed by atoms with Gasteiger partial charge in [-0.25, -0.2) is 4.79 Å². The number of nitrogens with one attached hydrogen (secondary N) is 1. The van der Waals surface area contributed by atoms with Crippen LogP contribution in [0.3, 0.4) is 0 Å². The number of carboxylic acids is 1. The highest BCUT2D eigenvalue weighted by Crippen LogP contribution is 2.28. The van der Waals surface area contributed by atoms with E-state index < -0.39 is 5.97 Å². The van der Waals surface area contributed by atoms with Gasteiger partial charge in [0.2, 0.25) is 0 Å². The first kappa shape index (κ1) is 14.0. The van der Waals surface area contributed by atoms with Crippen LogP contribution in [0.1, 0.15) is 15.9 Å². The minimum atomic E-state index is -0.954. The molecule has 3 rings (SSSR count). The number of para-hydroxylation sites is 3. The van der Waals surface area contributed by atoms with Crippen LogP contribution >= 0.6 is 0 Å². The molecule has 0 saturated carbocycles. The molecule has 0 aliphatic heterocycles. The second-order valence-electron chi connectivity index (χ2n) is 4.79. The predicted molar refractivity (Wildman–Crippen MR) is 82.6 cm³/mol. The zero-order valence-electron chi connectivity index (χ0n) is 12.0. The van der Waals surface area contributed by atoms with E-state index in [0.29, 0.717) is 23.6 Å². The van der Waals surface area contributed by atoms with Gasteiger partial charge < -0.3 is 19.6 Å². The van der Waals surface area contributed by atoms with Gasteiger partial charge in [0, 0.05) is 17.1 Å². The molecule has 5 nitrogen and oxygen atoms in total. The first-order chi connectivity index (χ1) is 10.7. The van der Waals surface area contributed by atoms with Gasteiger partial charge in [-0.05, 0) is 18.2 Å². The van der Waals surface area contributed by atoms with Gasteiger partial charge in [0.15, 0.2) is 11.5 Å². The smallest absolute Gasteiger partial charge is 0.337 e. The Morgan fingerprint density at radius 2 is 1.91 bits per heavy atom. The number of H-pyrrole nitrogens is 1. The van der Waals surface area contributed by atoms with E-state index in [1.807, 2.05) is 30.3 Å². The van der Waals surface area contributed by atoms with Crippen LogP contribution in [0, 0.1) is 0 Å². The second-order valence-corrected chi connectivity index (χ2v) is 4.79. The molecule has 1 heterocycles. The fourth-order valence-electron chi connectivity index (χ4n) is 2.40. The molecule has 0 amide bonds. The Morgan fingerprint density at radius 1 is 1.14 bits per heavy atom. The number of benzene rings is 2. The van der Waals surface area contributed by atoms with E-state index >= 15 is 0 Å². The molecule has 22 heavy (non-hydrogen) atoms. The first-order valence-corrected chi connectivity index (χ1v) is 6.79. The molecule has 0 saturated heterocycles. The zero-order chi connectivity index (χ0) is 15.5. The lowest BCUT2D eigenvalue weighted by Gasteiger charge is -2.09. The Hall–Kier alpha value is -2.95. The van der Waals surface area contributed by atoms with Gasteiger partial charge in [0.25, 0.3) is 0 Å². The van der Waals surface area contributed by atoms with E-state index in [9.17, 15) is 9.90 Å². The molecule has 5 heteroatoms. The van der Waals surface area contributed by atoms with Gasteiger partial charge in [-0.1, -0.05) is 24.3 Å². The number of aromatic amines is 1. The quantitative estimate of drug-likeness (QED) is 0.756. The van der Waals surface area contributed by atoms with Gasteiger partial charge in [0.05, 0.1) is 18.2 Å². The van der Waals surface area contributed by atoms with Crippen LogP contribution in [0.15, 0.2) is 48.7 Å². The van der Waals surface area contributed by atoms with E-state index in [0.717, 1.165) is 10.9 Å². The molecule has 1 aromatic heterocycles. The second kappa shape index (κ2) is 5.81. The highest BCUT2D eigenvalue weighted by Gasteiger charge is 2.13. The summed E-state index contributed by atoms with van der Waals surface area (Å²) in [5, 5.41) is 10.0. The van der Waals surface area contributed by atoms with E-state index in [1.54, 1.807) is 25.4 Å². The summed E-state index contributed by atoms with van der Waals surface area (Å²) in [5.74, 6) is 0.354. The summed E-state index contributed by atoms with van der Waals surface area (Å²) in [4.78, 5) is 14.2. The number of hydrogen-bond acceptors (Lipinski definition) is 3. The number of carboxylic acid groups (broad SMARTS) is 1. The summed E-state index contributed by atoms with van der Waals surface area (Å²) < 4.78 is 11.0. The number of hydrogen-bond donors (Lipinski definition) is 2. The number of rotatable bonds is 5. The molecule has 0 unspecified atom stereocenters. The van der Waals surface area contributed by atoms with Crippen molar-refractivity contribution >= 4 is 16.9 Å². The molecule has 0 radical (unpaired) electrons. The van der Waals surface area contributed by atoms with Crippen LogP contribution in [-0.4, -0.2) is 23.2 Å². The largest absolute Gasteiger partial charge is 0.493 e. The molecule has 2 aromatic carbocycles. The highest BCUT2D eigenvalue weighted by molar-refractivity contribution is 6.02. The van der Waals surface area contributed by atoms with Crippen molar-refractivity contribution in [2.75, 3.05) is 7.11 Å². The molecule has 0 spiro atoms. The third-order valence-corrected chi connectivity index (χ3v) is 3.48. The Bertz CT molecular complexity index is 822. The lowest BCUT2D eigenvalue weighted by molar-refractivity contribution is 0.0699. The maximum Gasteiger partial charge on any atom is 0.337 e. The van der Waals surface area contributed by atoms with E-state index in [1.165, 1.54) is 0 Å². The van der Waals surface area contributed by atoms with Crippen LogP contribution < -0.4 is 9.47 Å². The molecule has 0 aliphatic rings. The molecule has 112 valence electrons. The van der Waals surface area contributed by atoms with Crippen molar-refractivity contribution < 1.29 is 19.4 Å². The summed E-state index contributed by atoms with van der Waals surface area (Å²) in [6, 6.07) is 12.6. The van der Waals surface area contributed by atoms with Crippen LogP contribution in [0.25, 0.3) is 10.9 Å². The molecule has 0 bridgehead atoms. The molecular weight excluding hydrogens is 282 g/mol. The number of ether oxygens (including phenoxy) is 2. The average molecular weight is 297 g/mol. The van der Waals surface area contributed by atoms with Crippen LogP contribution in [0.4, 0.5) is 0 Å². The molecule has 2 N–H and O–H groups in total. The van der Waals surface area contributed by atoms with Crippen molar-refractivity contribution in [1.82, 2.24) is 4.98 Å². The maximum atomic E-state index is 11.2. The number of carbonyl (C=O) groups is 1. The fourth-order valence-corrected chi connectivity index (χ4v) is 2.40. The minimum absolute atomic E-state index is 0.251. The van der Waals surface area contributed by atoms with Crippen molar-refractivity contribution in [2.24, 2.45) is 0 Å². The fraction of sp³-hybridized carbons (Fsp3) is 0.118. The number of fused-ring (bicyclic) bond motifs is 1. The summed E-state index contributed by atoms with van der Waals surface area (Å²) in [6.45, 7) is 0.323. The first-order valence-electron chi connectivity index (χ1n) is 6.79. The van der Waals surface area contributed by atoms with Crippen molar-refractivity contribution in [2.45, 2.75) is 6.61 Å². The Morgan fingerprint density at radius 3 is 2.64 bits per heavy atom. The molecule has 0 fully saturated rings. The minimum Gasteiger partial charge on any atom is -0.493 e. The predicted octanol–water partition coefficient (Wildman–Crippen LogP) is 3.45. The molecule has 3 aromatic rings. The topological polar surface area (TPSA) is 71.5 Å². The SMILES string of the molecule is COc1ccccc1OCc1c[nH]c2c(C(=O)O)cccc12. The third kappa shape index (κ3) is 2.48. The number of methoxy groups -OCH3 is 1. The van der Waals surface area contributed by atoms with E-state index in [2.05, 4.69) is 4.98 Å². The monoisotopic (exact) mass is 297 g/mol. The van der Waals surface area contributed by atoms with Crippen molar-refractivity contribution in [3.05, 3.63) is 59.8 Å². The summed E-state index contributed by atoms with van der Waals surface area (Å²) >= 11 is 0. The summed E-state index contributed by atoms with van der Waals surface area (Å²) in [6.07, 6.45) is 1.77. The third-order valence-electron chi connectivity index (χ3n) is 3.48. The normalized spacial score (nSPS) is 10.6. The Balaban J connectivity index is 1.89.